The van der Waals surface area contributed by atoms with Crippen molar-refractivity contribution >= 4 is 33.5 Å². The number of nitrogens with one attached hydrogen (secondary N) is 1. The van der Waals surface area contributed by atoms with E-state index in [9.17, 15) is 4.79 Å². The van der Waals surface area contributed by atoms with Gasteiger partial charge in [0.2, 0.25) is 0 Å². The standard InChI is InChI=1S/C13H17BrClNO2/c1-8(2)7-16-12(13(17)18-3)10-6-9(14)4-5-11(10)15/h4-6,8,12,16H,7H2,1-3H3. The number of hydrogen-bond donors (Lipinski definition) is 1. The molecule has 3 nitrogen and oxygen atoms in total. The van der Waals surface area contributed by atoms with E-state index < -0.39 is 6.04 Å². The Bertz CT molecular complexity index is 423. The van der Waals surface area contributed by atoms with Crippen LogP contribution in [-0.2, 0) is 9.53 Å². The molecule has 1 aromatic carbocycles. The molecule has 0 radical (unpaired) electrons. The van der Waals surface area contributed by atoms with E-state index in [-0.39, 0.29) is 5.97 Å². The minimum Gasteiger partial charge on any atom is -0.468 e. The van der Waals surface area contributed by atoms with Gasteiger partial charge in [-0.25, -0.2) is 4.79 Å². The van der Waals surface area contributed by atoms with Gasteiger partial charge in [0.1, 0.15) is 6.04 Å². The van der Waals surface area contributed by atoms with Gasteiger partial charge >= 0.3 is 5.97 Å². The highest BCUT2D eigenvalue weighted by Crippen LogP contribution is 2.27. The maximum atomic E-state index is 11.8. The molecule has 0 fully saturated rings. The zero-order valence-electron chi connectivity index (χ0n) is 10.7. The van der Waals surface area contributed by atoms with E-state index in [0.29, 0.717) is 17.5 Å². The number of esters is 1. The number of methoxy groups -OCH3 is 1. The van der Waals surface area contributed by atoms with Gasteiger partial charge in [-0.15, -0.1) is 0 Å². The Hall–Kier alpha value is -0.580. The molecule has 0 saturated carbocycles. The van der Waals surface area contributed by atoms with Crippen LogP contribution in [0.25, 0.3) is 0 Å². The van der Waals surface area contributed by atoms with Gasteiger partial charge in [-0.2, -0.15) is 0 Å². The fourth-order valence-electron chi connectivity index (χ4n) is 1.53. The molecule has 1 aromatic rings. The number of rotatable bonds is 5. The van der Waals surface area contributed by atoms with Crippen molar-refractivity contribution < 1.29 is 9.53 Å². The Morgan fingerprint density at radius 1 is 1.50 bits per heavy atom. The molecule has 0 aliphatic carbocycles. The van der Waals surface area contributed by atoms with Crippen molar-refractivity contribution in [3.63, 3.8) is 0 Å². The summed E-state index contributed by atoms with van der Waals surface area (Å²) in [7, 11) is 1.37. The third-order valence-corrected chi connectivity index (χ3v) is 3.27. The number of carbonyl (C=O) groups excluding carboxylic acids is 1. The van der Waals surface area contributed by atoms with Crippen molar-refractivity contribution in [2.24, 2.45) is 5.92 Å². The highest BCUT2D eigenvalue weighted by Gasteiger charge is 2.23. The largest absolute Gasteiger partial charge is 0.468 e. The Balaban J connectivity index is 3.01. The van der Waals surface area contributed by atoms with Crippen LogP contribution in [0.4, 0.5) is 0 Å². The lowest BCUT2D eigenvalue weighted by atomic mass is 10.1. The van der Waals surface area contributed by atoms with Gasteiger partial charge in [0, 0.05) is 9.50 Å². The monoisotopic (exact) mass is 333 g/mol. The van der Waals surface area contributed by atoms with E-state index in [0.717, 1.165) is 10.0 Å². The molecule has 0 bridgehead atoms. The molecule has 1 atom stereocenters. The molecule has 1 N–H and O–H groups in total. The number of hydrogen-bond acceptors (Lipinski definition) is 3. The zero-order valence-corrected chi connectivity index (χ0v) is 13.0. The van der Waals surface area contributed by atoms with Crippen LogP contribution in [0.15, 0.2) is 22.7 Å². The van der Waals surface area contributed by atoms with E-state index in [1.807, 2.05) is 12.1 Å². The molecule has 0 amide bonds. The molecule has 0 saturated heterocycles. The second kappa shape index (κ2) is 7.12. The molecule has 18 heavy (non-hydrogen) atoms. The van der Waals surface area contributed by atoms with Crippen LogP contribution in [0.3, 0.4) is 0 Å². The van der Waals surface area contributed by atoms with Crippen LogP contribution >= 0.6 is 27.5 Å². The average molecular weight is 335 g/mol. The van der Waals surface area contributed by atoms with Crippen molar-refractivity contribution in [3.05, 3.63) is 33.3 Å². The summed E-state index contributed by atoms with van der Waals surface area (Å²) in [4.78, 5) is 11.8. The number of halogens is 2. The van der Waals surface area contributed by atoms with Crippen molar-refractivity contribution in [1.82, 2.24) is 5.32 Å². The number of benzene rings is 1. The molecule has 0 spiro atoms. The normalized spacial score (nSPS) is 12.6. The van der Waals surface area contributed by atoms with Gasteiger partial charge in [-0.05, 0) is 36.2 Å². The topological polar surface area (TPSA) is 38.3 Å². The number of ether oxygens (including phenoxy) is 1. The first-order valence-electron chi connectivity index (χ1n) is 5.72. The lowest BCUT2D eigenvalue weighted by Gasteiger charge is -2.19. The summed E-state index contributed by atoms with van der Waals surface area (Å²) in [5, 5.41) is 3.72. The first-order valence-corrected chi connectivity index (χ1v) is 6.89. The SMILES string of the molecule is COC(=O)C(NCC(C)C)c1cc(Br)ccc1Cl. The fraction of sp³-hybridized carbons (Fsp3) is 0.462. The second-order valence-corrected chi connectivity index (χ2v) is 5.75. The zero-order chi connectivity index (χ0) is 13.7. The van der Waals surface area contributed by atoms with E-state index in [4.69, 9.17) is 16.3 Å². The molecule has 1 rings (SSSR count). The molecule has 0 aliphatic rings. The Morgan fingerprint density at radius 2 is 2.17 bits per heavy atom. The van der Waals surface area contributed by atoms with Gasteiger partial charge in [0.05, 0.1) is 7.11 Å². The highest BCUT2D eigenvalue weighted by molar-refractivity contribution is 9.10. The molecule has 100 valence electrons. The van der Waals surface area contributed by atoms with Crippen LogP contribution in [0.2, 0.25) is 5.02 Å². The maximum absolute atomic E-state index is 11.8. The lowest BCUT2D eigenvalue weighted by Crippen LogP contribution is -2.32. The van der Waals surface area contributed by atoms with Gasteiger partial charge in [0.15, 0.2) is 0 Å². The second-order valence-electron chi connectivity index (χ2n) is 4.42. The maximum Gasteiger partial charge on any atom is 0.327 e. The molecule has 0 heterocycles. The predicted octanol–water partition coefficient (Wildman–Crippen LogP) is 3.56. The Labute approximate surface area is 121 Å². The summed E-state index contributed by atoms with van der Waals surface area (Å²) in [5.74, 6) is 0.0961. The molecule has 0 aromatic heterocycles. The van der Waals surface area contributed by atoms with E-state index in [2.05, 4.69) is 35.1 Å². The van der Waals surface area contributed by atoms with Crippen LogP contribution < -0.4 is 5.32 Å². The smallest absolute Gasteiger partial charge is 0.327 e. The lowest BCUT2D eigenvalue weighted by molar-refractivity contribution is -0.143. The molecule has 0 aliphatic heterocycles. The summed E-state index contributed by atoms with van der Waals surface area (Å²) >= 11 is 9.52. The Kier molecular flexibility index (Phi) is 6.12. The van der Waals surface area contributed by atoms with Crippen molar-refractivity contribution in [1.29, 1.82) is 0 Å². The molecule has 1 unspecified atom stereocenters. The first kappa shape index (κ1) is 15.5. The summed E-state index contributed by atoms with van der Waals surface area (Å²) < 4.78 is 5.70. The van der Waals surface area contributed by atoms with Gasteiger partial charge < -0.3 is 10.1 Å². The van der Waals surface area contributed by atoms with Crippen molar-refractivity contribution in [2.75, 3.05) is 13.7 Å². The van der Waals surface area contributed by atoms with Crippen LogP contribution in [0.1, 0.15) is 25.5 Å². The Morgan fingerprint density at radius 3 is 2.72 bits per heavy atom. The van der Waals surface area contributed by atoms with Crippen LogP contribution in [-0.4, -0.2) is 19.6 Å². The van der Waals surface area contributed by atoms with Crippen molar-refractivity contribution in [3.8, 4) is 0 Å². The quantitative estimate of drug-likeness (QED) is 0.837. The van der Waals surface area contributed by atoms with Crippen LogP contribution in [0, 0.1) is 5.92 Å². The summed E-state index contributed by atoms with van der Waals surface area (Å²) in [6.45, 7) is 4.86. The van der Waals surface area contributed by atoms with E-state index in [1.54, 1.807) is 6.07 Å². The summed E-state index contributed by atoms with van der Waals surface area (Å²) in [6.07, 6.45) is 0. The van der Waals surface area contributed by atoms with Gasteiger partial charge in [-0.1, -0.05) is 41.4 Å². The number of carbonyl (C=O) groups is 1. The van der Waals surface area contributed by atoms with Crippen molar-refractivity contribution in [2.45, 2.75) is 19.9 Å². The summed E-state index contributed by atoms with van der Waals surface area (Å²) in [6, 6.07) is 4.88. The van der Waals surface area contributed by atoms with Gasteiger partial charge in [0.25, 0.3) is 0 Å². The third-order valence-electron chi connectivity index (χ3n) is 2.44. The molecular formula is C13H17BrClNO2. The minimum atomic E-state index is -0.539. The highest BCUT2D eigenvalue weighted by atomic mass is 79.9. The van der Waals surface area contributed by atoms with E-state index in [1.165, 1.54) is 7.11 Å². The average Bonchev–Trinajstić information content (AvgIpc) is 2.32. The van der Waals surface area contributed by atoms with Gasteiger partial charge in [-0.3, -0.25) is 0 Å². The third kappa shape index (κ3) is 4.26. The summed E-state index contributed by atoms with van der Waals surface area (Å²) in [5.41, 5.74) is 0.721. The molecular weight excluding hydrogens is 318 g/mol. The first-order chi connectivity index (χ1) is 8.45. The minimum absolute atomic E-state index is 0.337. The molecule has 5 heteroatoms. The fourth-order valence-corrected chi connectivity index (χ4v) is 2.13. The van der Waals surface area contributed by atoms with Crippen LogP contribution in [0.5, 0.6) is 0 Å². The predicted molar refractivity (Wildman–Crippen MR) is 76.7 cm³/mol. The van der Waals surface area contributed by atoms with E-state index >= 15 is 0 Å².